The van der Waals surface area contributed by atoms with Crippen molar-refractivity contribution in [3.63, 3.8) is 0 Å². The van der Waals surface area contributed by atoms with Gasteiger partial charge in [0, 0.05) is 18.8 Å². The van der Waals surface area contributed by atoms with Crippen molar-refractivity contribution < 1.29 is 0 Å². The third-order valence-corrected chi connectivity index (χ3v) is 3.11. The molecule has 0 radical (unpaired) electrons. The molecule has 0 aliphatic carbocycles. The van der Waals surface area contributed by atoms with Crippen LogP contribution in [-0.4, -0.2) is 31.8 Å². The van der Waals surface area contributed by atoms with E-state index in [1.807, 2.05) is 36.4 Å². The molecule has 0 unspecified atom stereocenters. The van der Waals surface area contributed by atoms with Crippen molar-refractivity contribution in [2.75, 3.05) is 17.2 Å². The molecule has 0 aliphatic heterocycles. The van der Waals surface area contributed by atoms with Crippen molar-refractivity contribution >= 4 is 17.2 Å². The van der Waals surface area contributed by atoms with Crippen molar-refractivity contribution in [3.05, 3.63) is 42.0 Å². The van der Waals surface area contributed by atoms with Crippen LogP contribution >= 0.6 is 0 Å². The molecule has 2 heterocycles. The third kappa shape index (κ3) is 2.37. The maximum atomic E-state index is 5.70. The van der Waals surface area contributed by atoms with E-state index in [0.717, 1.165) is 24.6 Å². The van der Waals surface area contributed by atoms with Crippen LogP contribution in [0.15, 0.2) is 36.4 Å². The number of hydrogen-bond acceptors (Lipinski definition) is 6. The normalized spacial score (nSPS) is 10.8. The van der Waals surface area contributed by atoms with Gasteiger partial charge in [-0.15, -0.1) is 14.8 Å². The second-order valence-electron chi connectivity index (χ2n) is 4.47. The van der Waals surface area contributed by atoms with E-state index >= 15 is 0 Å². The van der Waals surface area contributed by atoms with E-state index in [0.29, 0.717) is 5.65 Å². The number of anilines is 2. The number of nitrogens with two attached hydrogens (primary N) is 1. The maximum Gasteiger partial charge on any atom is 0.200 e. The summed E-state index contributed by atoms with van der Waals surface area (Å²) >= 11 is 0. The van der Waals surface area contributed by atoms with Crippen LogP contribution < -0.4 is 10.6 Å². The molecule has 0 aliphatic rings. The molecule has 3 aromatic rings. The number of rotatable bonds is 4. The molecule has 3 rings (SSSR count). The molecule has 7 nitrogen and oxygen atoms in total. The summed E-state index contributed by atoms with van der Waals surface area (Å²) in [5.41, 5.74) is 8.29. The summed E-state index contributed by atoms with van der Waals surface area (Å²) in [4.78, 5) is 2.15. The van der Waals surface area contributed by atoms with Crippen molar-refractivity contribution in [3.8, 4) is 0 Å². The van der Waals surface area contributed by atoms with Crippen molar-refractivity contribution in [1.82, 2.24) is 25.3 Å². The van der Waals surface area contributed by atoms with Gasteiger partial charge >= 0.3 is 0 Å². The Bertz CT molecular complexity index is 704. The lowest BCUT2D eigenvalue weighted by Crippen LogP contribution is -2.23. The molecule has 2 N–H and O–H groups in total. The Balaban J connectivity index is 1.86. The Hall–Kier alpha value is -2.70. The highest BCUT2D eigenvalue weighted by molar-refractivity contribution is 5.46. The molecule has 2 aromatic heterocycles. The second kappa shape index (κ2) is 5.12. The fraction of sp³-hybridized carbons (Fsp3) is 0.231. The van der Waals surface area contributed by atoms with Crippen molar-refractivity contribution in [2.24, 2.45) is 0 Å². The highest BCUT2D eigenvalue weighted by atomic mass is 15.6. The van der Waals surface area contributed by atoms with Gasteiger partial charge in [0.1, 0.15) is 0 Å². The smallest absolute Gasteiger partial charge is 0.200 e. The van der Waals surface area contributed by atoms with E-state index < -0.39 is 0 Å². The second-order valence-corrected chi connectivity index (χ2v) is 4.47. The van der Waals surface area contributed by atoms with Gasteiger partial charge in [-0.25, -0.2) is 0 Å². The minimum atomic E-state index is 0.636. The van der Waals surface area contributed by atoms with Gasteiger partial charge in [0.2, 0.25) is 0 Å². The summed E-state index contributed by atoms with van der Waals surface area (Å²) in [6, 6.07) is 11.6. The first kappa shape index (κ1) is 12.3. The van der Waals surface area contributed by atoms with Crippen LogP contribution in [0.4, 0.5) is 11.5 Å². The SMILES string of the molecule is CCN(Cc1ccc(N)cc1)c1ccc2nnnn2n1. The monoisotopic (exact) mass is 269 g/mol. The van der Waals surface area contributed by atoms with Crippen LogP contribution in [0.2, 0.25) is 0 Å². The van der Waals surface area contributed by atoms with Gasteiger partial charge in [0.25, 0.3) is 0 Å². The van der Waals surface area contributed by atoms with Gasteiger partial charge in [-0.2, -0.15) is 0 Å². The molecule has 0 atom stereocenters. The third-order valence-electron chi connectivity index (χ3n) is 3.11. The zero-order valence-electron chi connectivity index (χ0n) is 11.1. The lowest BCUT2D eigenvalue weighted by molar-refractivity contribution is 0.708. The average molecular weight is 269 g/mol. The molecule has 0 saturated carbocycles. The average Bonchev–Trinajstić information content (AvgIpc) is 2.94. The van der Waals surface area contributed by atoms with E-state index in [1.165, 1.54) is 10.2 Å². The van der Waals surface area contributed by atoms with Crippen molar-refractivity contribution in [2.45, 2.75) is 13.5 Å². The van der Waals surface area contributed by atoms with Crippen LogP contribution in [0.25, 0.3) is 5.65 Å². The van der Waals surface area contributed by atoms with Gasteiger partial charge in [-0.1, -0.05) is 12.1 Å². The molecule has 0 bridgehead atoms. The molecule has 102 valence electrons. The van der Waals surface area contributed by atoms with Crippen LogP contribution in [0.1, 0.15) is 12.5 Å². The zero-order valence-corrected chi connectivity index (χ0v) is 11.1. The summed E-state index contributed by atoms with van der Waals surface area (Å²) < 4.78 is 1.43. The first-order chi connectivity index (χ1) is 9.76. The predicted octanol–water partition coefficient (Wildman–Crippen LogP) is 1.13. The van der Waals surface area contributed by atoms with Crippen LogP contribution in [0.3, 0.4) is 0 Å². The molecule has 7 heteroatoms. The number of nitrogen functional groups attached to an aromatic ring is 1. The standard InChI is InChI=1S/C13H15N7/c1-2-19(9-10-3-5-11(14)6-4-10)13-8-7-12-15-17-18-20(12)16-13/h3-8H,2,9,14H2,1H3. The first-order valence-corrected chi connectivity index (χ1v) is 6.41. The largest absolute Gasteiger partial charge is 0.399 e. The molecular weight excluding hydrogens is 254 g/mol. The Morgan fingerprint density at radius 2 is 1.95 bits per heavy atom. The number of benzene rings is 1. The minimum Gasteiger partial charge on any atom is -0.399 e. The van der Waals surface area contributed by atoms with Gasteiger partial charge < -0.3 is 10.6 Å². The Morgan fingerprint density at radius 3 is 2.70 bits per heavy atom. The fourth-order valence-electron chi connectivity index (χ4n) is 2.01. The number of fused-ring (bicyclic) bond motifs is 1. The van der Waals surface area contributed by atoms with E-state index in [1.54, 1.807) is 0 Å². The number of aromatic nitrogens is 5. The Kier molecular flexibility index (Phi) is 3.16. The molecular formula is C13H15N7. The summed E-state index contributed by atoms with van der Waals surface area (Å²) in [6.45, 7) is 3.69. The molecule has 0 saturated heterocycles. The quantitative estimate of drug-likeness (QED) is 0.715. The van der Waals surface area contributed by atoms with Crippen molar-refractivity contribution in [1.29, 1.82) is 0 Å². The van der Waals surface area contributed by atoms with Crippen LogP contribution in [0.5, 0.6) is 0 Å². The number of nitrogens with zero attached hydrogens (tertiary/aromatic N) is 6. The fourth-order valence-corrected chi connectivity index (χ4v) is 2.01. The lowest BCUT2D eigenvalue weighted by atomic mass is 10.2. The Morgan fingerprint density at radius 1 is 1.15 bits per heavy atom. The summed E-state index contributed by atoms with van der Waals surface area (Å²) in [6.07, 6.45) is 0. The van der Waals surface area contributed by atoms with E-state index in [4.69, 9.17) is 5.73 Å². The van der Waals surface area contributed by atoms with Gasteiger partial charge in [-0.05, 0) is 47.2 Å². The highest BCUT2D eigenvalue weighted by Crippen LogP contribution is 2.15. The molecule has 0 fully saturated rings. The lowest BCUT2D eigenvalue weighted by Gasteiger charge is -2.21. The highest BCUT2D eigenvalue weighted by Gasteiger charge is 2.09. The molecule has 0 spiro atoms. The van der Waals surface area contributed by atoms with E-state index in [9.17, 15) is 0 Å². The van der Waals surface area contributed by atoms with Gasteiger partial charge in [-0.3, -0.25) is 0 Å². The van der Waals surface area contributed by atoms with Gasteiger partial charge in [0.15, 0.2) is 11.5 Å². The summed E-state index contributed by atoms with van der Waals surface area (Å²) in [5, 5.41) is 15.7. The van der Waals surface area contributed by atoms with Crippen LogP contribution in [-0.2, 0) is 6.54 Å². The molecule has 0 amide bonds. The minimum absolute atomic E-state index is 0.636. The first-order valence-electron chi connectivity index (χ1n) is 6.41. The van der Waals surface area contributed by atoms with Crippen LogP contribution in [0, 0.1) is 0 Å². The molecule has 20 heavy (non-hydrogen) atoms. The maximum absolute atomic E-state index is 5.70. The molecule has 1 aromatic carbocycles. The number of hydrogen-bond donors (Lipinski definition) is 1. The van der Waals surface area contributed by atoms with Gasteiger partial charge in [0.05, 0.1) is 0 Å². The van der Waals surface area contributed by atoms with E-state index in [2.05, 4.69) is 32.4 Å². The summed E-state index contributed by atoms with van der Waals surface area (Å²) in [5.74, 6) is 0.837. The predicted molar refractivity (Wildman–Crippen MR) is 76.2 cm³/mol. The van der Waals surface area contributed by atoms with E-state index in [-0.39, 0.29) is 0 Å². The summed E-state index contributed by atoms with van der Waals surface area (Å²) in [7, 11) is 0. The number of tetrazole rings is 1. The zero-order chi connectivity index (χ0) is 13.9. The topological polar surface area (TPSA) is 85.2 Å². The Labute approximate surface area is 116 Å².